The van der Waals surface area contributed by atoms with Crippen LogP contribution in [0.15, 0.2) is 18.2 Å². The van der Waals surface area contributed by atoms with E-state index < -0.39 is 0 Å². The first-order valence-electron chi connectivity index (χ1n) is 5.51. The fourth-order valence-corrected chi connectivity index (χ4v) is 2.05. The van der Waals surface area contributed by atoms with Gasteiger partial charge in [0.1, 0.15) is 0 Å². The SMILES string of the molecule is CCc1ccc2[nH]c(C)c(CNC)c2c1. The normalized spacial score (nSPS) is 11.1. The number of rotatable bonds is 3. The molecule has 1 heterocycles. The molecule has 0 fully saturated rings. The van der Waals surface area contributed by atoms with Crippen LogP contribution in [0.25, 0.3) is 10.9 Å². The van der Waals surface area contributed by atoms with Crippen molar-refractivity contribution in [2.24, 2.45) is 0 Å². The van der Waals surface area contributed by atoms with Crippen molar-refractivity contribution in [3.05, 3.63) is 35.0 Å². The number of fused-ring (bicyclic) bond motifs is 1. The number of aromatic nitrogens is 1. The lowest BCUT2D eigenvalue weighted by Gasteiger charge is -2.01. The molecule has 0 aliphatic rings. The van der Waals surface area contributed by atoms with E-state index in [-0.39, 0.29) is 0 Å². The quantitative estimate of drug-likeness (QED) is 0.787. The molecule has 0 amide bonds. The average molecular weight is 202 g/mol. The predicted octanol–water partition coefficient (Wildman–Crippen LogP) is 2.76. The van der Waals surface area contributed by atoms with Crippen molar-refractivity contribution in [3.63, 3.8) is 0 Å². The topological polar surface area (TPSA) is 27.8 Å². The van der Waals surface area contributed by atoms with E-state index in [0.29, 0.717) is 0 Å². The zero-order valence-electron chi connectivity index (χ0n) is 9.65. The fraction of sp³-hybridized carbons (Fsp3) is 0.385. The molecular formula is C13H18N2. The molecule has 0 aliphatic heterocycles. The second kappa shape index (κ2) is 4.07. The van der Waals surface area contributed by atoms with Gasteiger partial charge in [-0.1, -0.05) is 13.0 Å². The maximum Gasteiger partial charge on any atom is 0.0459 e. The van der Waals surface area contributed by atoms with E-state index in [2.05, 4.69) is 42.3 Å². The number of benzene rings is 1. The Morgan fingerprint density at radius 3 is 2.80 bits per heavy atom. The van der Waals surface area contributed by atoms with Crippen LogP contribution < -0.4 is 5.32 Å². The Morgan fingerprint density at radius 1 is 1.33 bits per heavy atom. The molecular weight excluding hydrogens is 184 g/mol. The van der Waals surface area contributed by atoms with E-state index in [1.54, 1.807) is 0 Å². The van der Waals surface area contributed by atoms with Crippen molar-refractivity contribution in [1.29, 1.82) is 0 Å². The van der Waals surface area contributed by atoms with Crippen LogP contribution >= 0.6 is 0 Å². The highest BCUT2D eigenvalue weighted by atomic mass is 14.8. The summed E-state index contributed by atoms with van der Waals surface area (Å²) in [6.07, 6.45) is 1.10. The number of nitrogens with one attached hydrogen (secondary N) is 2. The summed E-state index contributed by atoms with van der Waals surface area (Å²) in [6.45, 7) is 5.26. The van der Waals surface area contributed by atoms with Gasteiger partial charge in [0, 0.05) is 23.1 Å². The minimum absolute atomic E-state index is 0.930. The van der Waals surface area contributed by atoms with Crippen molar-refractivity contribution in [2.75, 3.05) is 7.05 Å². The van der Waals surface area contributed by atoms with E-state index in [1.165, 1.54) is 27.7 Å². The Hall–Kier alpha value is -1.28. The van der Waals surface area contributed by atoms with Crippen molar-refractivity contribution >= 4 is 10.9 Å². The Bertz CT molecular complexity index is 469. The van der Waals surface area contributed by atoms with Gasteiger partial charge >= 0.3 is 0 Å². The molecule has 2 rings (SSSR count). The largest absolute Gasteiger partial charge is 0.358 e. The number of H-pyrrole nitrogens is 1. The van der Waals surface area contributed by atoms with Gasteiger partial charge in [-0.05, 0) is 43.7 Å². The van der Waals surface area contributed by atoms with Crippen molar-refractivity contribution < 1.29 is 0 Å². The summed E-state index contributed by atoms with van der Waals surface area (Å²) in [7, 11) is 1.99. The molecule has 0 saturated carbocycles. The summed E-state index contributed by atoms with van der Waals surface area (Å²) >= 11 is 0. The second-order valence-corrected chi connectivity index (χ2v) is 3.99. The van der Waals surface area contributed by atoms with Gasteiger partial charge in [0.2, 0.25) is 0 Å². The van der Waals surface area contributed by atoms with Gasteiger partial charge in [-0.3, -0.25) is 0 Å². The van der Waals surface area contributed by atoms with Crippen LogP contribution in [-0.4, -0.2) is 12.0 Å². The second-order valence-electron chi connectivity index (χ2n) is 3.99. The zero-order chi connectivity index (χ0) is 10.8. The van der Waals surface area contributed by atoms with Crippen molar-refractivity contribution in [3.8, 4) is 0 Å². The third-order valence-electron chi connectivity index (χ3n) is 2.95. The monoisotopic (exact) mass is 202 g/mol. The molecule has 0 unspecified atom stereocenters. The molecule has 80 valence electrons. The summed E-state index contributed by atoms with van der Waals surface area (Å²) in [4.78, 5) is 3.42. The van der Waals surface area contributed by atoms with Gasteiger partial charge in [0.05, 0.1) is 0 Å². The highest BCUT2D eigenvalue weighted by molar-refractivity contribution is 5.85. The Morgan fingerprint density at radius 2 is 2.13 bits per heavy atom. The summed E-state index contributed by atoms with van der Waals surface area (Å²) in [6, 6.07) is 6.67. The molecule has 2 nitrogen and oxygen atoms in total. The Labute approximate surface area is 90.7 Å². The smallest absolute Gasteiger partial charge is 0.0459 e. The van der Waals surface area contributed by atoms with Crippen LogP contribution in [0.1, 0.15) is 23.7 Å². The lowest BCUT2D eigenvalue weighted by atomic mass is 10.1. The van der Waals surface area contributed by atoms with E-state index in [1.807, 2.05) is 7.05 Å². The Kier molecular flexibility index (Phi) is 2.78. The Balaban J connectivity index is 2.61. The van der Waals surface area contributed by atoms with E-state index in [9.17, 15) is 0 Å². The standard InChI is InChI=1S/C13H18N2/c1-4-10-5-6-13-11(7-10)12(8-14-3)9(2)15-13/h5-7,14-15H,4,8H2,1-3H3. The minimum Gasteiger partial charge on any atom is -0.358 e. The first-order chi connectivity index (χ1) is 7.26. The molecule has 2 N–H and O–H groups in total. The molecule has 0 radical (unpaired) electrons. The zero-order valence-corrected chi connectivity index (χ0v) is 9.65. The average Bonchev–Trinajstić information content (AvgIpc) is 2.55. The molecule has 0 aliphatic carbocycles. The summed E-state index contributed by atoms with van der Waals surface area (Å²) in [5, 5.41) is 4.58. The van der Waals surface area contributed by atoms with Gasteiger partial charge in [0.25, 0.3) is 0 Å². The lowest BCUT2D eigenvalue weighted by Crippen LogP contribution is -2.05. The number of aryl methyl sites for hydroxylation is 2. The molecule has 2 heteroatoms. The van der Waals surface area contributed by atoms with E-state index in [0.717, 1.165) is 13.0 Å². The van der Waals surface area contributed by atoms with E-state index in [4.69, 9.17) is 0 Å². The molecule has 2 aromatic rings. The first kappa shape index (κ1) is 10.2. The van der Waals surface area contributed by atoms with Crippen LogP contribution in [-0.2, 0) is 13.0 Å². The van der Waals surface area contributed by atoms with Crippen LogP contribution in [0.5, 0.6) is 0 Å². The van der Waals surface area contributed by atoms with Gasteiger partial charge < -0.3 is 10.3 Å². The van der Waals surface area contributed by atoms with E-state index >= 15 is 0 Å². The molecule has 0 bridgehead atoms. The highest BCUT2D eigenvalue weighted by Gasteiger charge is 2.07. The maximum atomic E-state index is 3.42. The third-order valence-corrected chi connectivity index (χ3v) is 2.95. The molecule has 0 saturated heterocycles. The van der Waals surface area contributed by atoms with Crippen LogP contribution in [0.4, 0.5) is 0 Å². The molecule has 0 atom stereocenters. The van der Waals surface area contributed by atoms with Crippen LogP contribution in [0.2, 0.25) is 0 Å². The highest BCUT2D eigenvalue weighted by Crippen LogP contribution is 2.23. The van der Waals surface area contributed by atoms with Gasteiger partial charge in [-0.25, -0.2) is 0 Å². The van der Waals surface area contributed by atoms with Gasteiger partial charge in [-0.2, -0.15) is 0 Å². The minimum atomic E-state index is 0.930. The number of hydrogen-bond acceptors (Lipinski definition) is 1. The number of hydrogen-bond donors (Lipinski definition) is 2. The fourth-order valence-electron chi connectivity index (χ4n) is 2.05. The van der Waals surface area contributed by atoms with Crippen molar-refractivity contribution in [2.45, 2.75) is 26.8 Å². The number of aromatic amines is 1. The molecule has 15 heavy (non-hydrogen) atoms. The maximum absolute atomic E-state index is 3.42. The molecule has 1 aromatic heterocycles. The predicted molar refractivity (Wildman–Crippen MR) is 65.2 cm³/mol. The molecule has 0 spiro atoms. The third kappa shape index (κ3) is 1.77. The summed E-state index contributed by atoms with van der Waals surface area (Å²) in [5.74, 6) is 0. The van der Waals surface area contributed by atoms with Crippen molar-refractivity contribution in [1.82, 2.24) is 10.3 Å². The summed E-state index contributed by atoms with van der Waals surface area (Å²) < 4.78 is 0. The van der Waals surface area contributed by atoms with Gasteiger partial charge in [0.15, 0.2) is 0 Å². The lowest BCUT2D eigenvalue weighted by molar-refractivity contribution is 0.816. The first-order valence-corrected chi connectivity index (χ1v) is 5.51. The van der Waals surface area contributed by atoms with Crippen LogP contribution in [0, 0.1) is 6.92 Å². The van der Waals surface area contributed by atoms with Gasteiger partial charge in [-0.15, -0.1) is 0 Å². The molecule has 1 aromatic carbocycles. The summed E-state index contributed by atoms with van der Waals surface area (Å²) in [5.41, 5.74) is 5.31. The van der Waals surface area contributed by atoms with Crippen LogP contribution in [0.3, 0.4) is 0 Å².